The maximum atomic E-state index is 12.5. The van der Waals surface area contributed by atoms with Crippen LogP contribution >= 0.6 is 11.6 Å². The summed E-state index contributed by atoms with van der Waals surface area (Å²) in [6.07, 6.45) is 5.05. The van der Waals surface area contributed by atoms with E-state index in [1.807, 2.05) is 0 Å². The summed E-state index contributed by atoms with van der Waals surface area (Å²) in [5.74, 6) is -1.28. The van der Waals surface area contributed by atoms with Crippen molar-refractivity contribution in [3.05, 3.63) is 46.2 Å². The molecule has 2 bridgehead atoms. The molecule has 7 heteroatoms. The Morgan fingerprint density at radius 2 is 1.92 bits per heavy atom. The summed E-state index contributed by atoms with van der Waals surface area (Å²) < 4.78 is 10.9. The van der Waals surface area contributed by atoms with Crippen LogP contribution in [0.15, 0.2) is 30.1 Å². The number of fused-ring (bicyclic) bond motifs is 6. The van der Waals surface area contributed by atoms with E-state index in [1.165, 1.54) is 6.08 Å². The van der Waals surface area contributed by atoms with Gasteiger partial charge in [0, 0.05) is 30.9 Å². The molecule has 0 saturated carbocycles. The fraction of sp³-hybridized carbons (Fsp3) is 0.333. The first-order chi connectivity index (χ1) is 11.8. The molecule has 2 unspecified atom stereocenters. The van der Waals surface area contributed by atoms with Crippen LogP contribution in [-0.2, 0) is 20.7 Å². The van der Waals surface area contributed by atoms with Crippen LogP contribution in [0.3, 0.4) is 0 Å². The van der Waals surface area contributed by atoms with Crippen molar-refractivity contribution >= 4 is 23.4 Å². The second-order valence-corrected chi connectivity index (χ2v) is 6.49. The van der Waals surface area contributed by atoms with Crippen LogP contribution in [0.5, 0.6) is 11.5 Å². The lowest BCUT2D eigenvalue weighted by molar-refractivity contribution is -0.114. The maximum absolute atomic E-state index is 12.5. The molecule has 25 heavy (non-hydrogen) atoms. The van der Waals surface area contributed by atoms with E-state index in [2.05, 4.69) is 0 Å². The van der Waals surface area contributed by atoms with Gasteiger partial charge >= 0.3 is 5.97 Å². The van der Waals surface area contributed by atoms with E-state index in [0.717, 1.165) is 11.8 Å². The average Bonchev–Trinajstić information content (AvgIpc) is 2.48. The number of allylic oxidation sites excluding steroid dienone is 3. The smallest absolute Gasteiger partial charge is 0.342 e. The van der Waals surface area contributed by atoms with Gasteiger partial charge in [0.25, 0.3) is 0 Å². The molecule has 4 rings (SSSR count). The lowest BCUT2D eigenvalue weighted by atomic mass is 9.99. The summed E-state index contributed by atoms with van der Waals surface area (Å²) in [7, 11) is 0. The Morgan fingerprint density at radius 1 is 1.20 bits per heavy atom. The largest absolute Gasteiger partial charge is 0.507 e. The first-order valence-electron chi connectivity index (χ1n) is 7.86. The lowest BCUT2D eigenvalue weighted by Gasteiger charge is -2.32. The highest BCUT2D eigenvalue weighted by atomic mass is 35.5. The number of hydrogen-bond donors (Lipinski definition) is 2. The van der Waals surface area contributed by atoms with Gasteiger partial charge in [-0.3, -0.25) is 4.79 Å². The molecule has 0 aromatic heterocycles. The number of carbonyl (C=O) groups excluding carboxylic acids is 2. The number of ketones is 1. The van der Waals surface area contributed by atoms with Crippen molar-refractivity contribution in [2.24, 2.45) is 0 Å². The average molecular weight is 365 g/mol. The molecule has 1 aromatic carbocycles. The zero-order chi connectivity index (χ0) is 18.1. The highest BCUT2D eigenvalue weighted by Gasteiger charge is 2.30. The van der Waals surface area contributed by atoms with Crippen LogP contribution in [0.1, 0.15) is 35.7 Å². The molecule has 0 aliphatic carbocycles. The highest BCUT2D eigenvalue weighted by molar-refractivity contribution is 6.33. The quantitative estimate of drug-likeness (QED) is 0.687. The summed E-state index contributed by atoms with van der Waals surface area (Å²) in [5, 5.41) is 19.7. The Labute approximate surface area is 149 Å². The second kappa shape index (κ2) is 6.80. The summed E-state index contributed by atoms with van der Waals surface area (Å²) in [5.41, 5.74) is -0.170. The number of halogens is 1. The van der Waals surface area contributed by atoms with Crippen LogP contribution in [-0.4, -0.2) is 34.2 Å². The monoisotopic (exact) mass is 364 g/mol. The third-order valence-electron chi connectivity index (χ3n) is 4.09. The van der Waals surface area contributed by atoms with Gasteiger partial charge in [-0.05, 0) is 19.1 Å². The zero-order valence-electron chi connectivity index (χ0n) is 13.5. The summed E-state index contributed by atoms with van der Waals surface area (Å²) in [6.45, 7) is 1.72. The number of ether oxygens (including phenoxy) is 2. The van der Waals surface area contributed by atoms with E-state index >= 15 is 0 Å². The van der Waals surface area contributed by atoms with Gasteiger partial charge in [-0.15, -0.1) is 0 Å². The Hall–Kier alpha value is -2.47. The number of aromatic hydroxyl groups is 2. The Morgan fingerprint density at radius 3 is 2.64 bits per heavy atom. The van der Waals surface area contributed by atoms with Crippen molar-refractivity contribution in [2.75, 3.05) is 0 Å². The number of phenolic OH excluding ortho intramolecular Hbond substituents is 2. The van der Waals surface area contributed by atoms with Gasteiger partial charge < -0.3 is 19.7 Å². The molecule has 1 aromatic rings. The fourth-order valence-electron chi connectivity index (χ4n) is 2.90. The minimum absolute atomic E-state index is 0.0390. The van der Waals surface area contributed by atoms with Crippen molar-refractivity contribution in [2.45, 2.75) is 38.4 Å². The Kier molecular flexibility index (Phi) is 4.72. The zero-order valence-corrected chi connectivity index (χ0v) is 14.2. The SMILES string of the molecule is CC1CC2C/C(=C\C=C\C(=O)Cc3c(Cl)c(O)cc(O)c3C(=O)O1)O2. The molecule has 1 fully saturated rings. The molecule has 2 atom stereocenters. The van der Waals surface area contributed by atoms with Gasteiger partial charge in [0.05, 0.1) is 5.02 Å². The number of hydrogen-bond acceptors (Lipinski definition) is 6. The molecule has 6 nitrogen and oxygen atoms in total. The second-order valence-electron chi connectivity index (χ2n) is 6.11. The lowest BCUT2D eigenvalue weighted by Crippen LogP contribution is -2.30. The first-order valence-corrected chi connectivity index (χ1v) is 8.24. The van der Waals surface area contributed by atoms with E-state index in [4.69, 9.17) is 21.1 Å². The summed E-state index contributed by atoms with van der Waals surface area (Å²) in [4.78, 5) is 24.6. The number of carbonyl (C=O) groups is 2. The molecule has 1 saturated heterocycles. The van der Waals surface area contributed by atoms with Crippen LogP contribution in [0, 0.1) is 0 Å². The third-order valence-corrected chi connectivity index (χ3v) is 4.51. The summed E-state index contributed by atoms with van der Waals surface area (Å²) >= 11 is 6.05. The van der Waals surface area contributed by atoms with Gasteiger partial charge in [-0.2, -0.15) is 0 Å². The highest BCUT2D eigenvalue weighted by Crippen LogP contribution is 2.37. The predicted octanol–water partition coefficient (Wildman–Crippen LogP) is 3.04. The fourth-order valence-corrected chi connectivity index (χ4v) is 3.12. The molecule has 3 heterocycles. The predicted molar refractivity (Wildman–Crippen MR) is 89.7 cm³/mol. The van der Waals surface area contributed by atoms with Crippen molar-refractivity contribution < 1.29 is 29.3 Å². The van der Waals surface area contributed by atoms with E-state index in [1.54, 1.807) is 19.1 Å². The van der Waals surface area contributed by atoms with Gasteiger partial charge in [0.15, 0.2) is 5.78 Å². The molecular formula is C18H17ClO6. The normalized spacial score (nSPS) is 26.9. The van der Waals surface area contributed by atoms with Gasteiger partial charge in [-0.1, -0.05) is 17.7 Å². The van der Waals surface area contributed by atoms with Crippen molar-refractivity contribution in [1.82, 2.24) is 0 Å². The van der Waals surface area contributed by atoms with E-state index < -0.39 is 23.6 Å². The number of phenols is 2. The van der Waals surface area contributed by atoms with Crippen LogP contribution < -0.4 is 0 Å². The van der Waals surface area contributed by atoms with Crippen molar-refractivity contribution in [1.29, 1.82) is 0 Å². The first kappa shape index (κ1) is 17.4. The van der Waals surface area contributed by atoms with Crippen molar-refractivity contribution in [3.63, 3.8) is 0 Å². The molecular weight excluding hydrogens is 348 g/mol. The van der Waals surface area contributed by atoms with E-state index in [9.17, 15) is 19.8 Å². The summed E-state index contributed by atoms with van der Waals surface area (Å²) in [6, 6.07) is 0.959. The topological polar surface area (TPSA) is 93.1 Å². The Balaban J connectivity index is 2.03. The number of benzene rings is 1. The standard InChI is InChI=1S/C18H17ClO6/c1-9-5-12-7-11(25-12)4-2-3-10(20)6-13-16(18(23)24-9)14(21)8-15(22)17(13)19/h2-4,8-9,12,21-22H,5-7H2,1H3/b3-2+,11-4+. The molecule has 3 aliphatic heterocycles. The van der Waals surface area contributed by atoms with Gasteiger partial charge in [0.1, 0.15) is 35.0 Å². The van der Waals surface area contributed by atoms with Gasteiger partial charge in [-0.25, -0.2) is 4.79 Å². The minimum Gasteiger partial charge on any atom is -0.507 e. The Bertz CT molecular complexity index is 787. The van der Waals surface area contributed by atoms with Crippen molar-refractivity contribution in [3.8, 4) is 11.5 Å². The molecule has 3 aliphatic rings. The van der Waals surface area contributed by atoms with Crippen LogP contribution in [0.25, 0.3) is 0 Å². The third kappa shape index (κ3) is 3.64. The van der Waals surface area contributed by atoms with Gasteiger partial charge in [0.2, 0.25) is 0 Å². The maximum Gasteiger partial charge on any atom is 0.342 e. The van der Waals surface area contributed by atoms with Crippen LogP contribution in [0.4, 0.5) is 0 Å². The number of rotatable bonds is 0. The molecule has 2 N–H and O–H groups in total. The molecule has 0 amide bonds. The minimum atomic E-state index is -0.800. The molecule has 132 valence electrons. The molecule has 0 radical (unpaired) electrons. The van der Waals surface area contributed by atoms with E-state index in [0.29, 0.717) is 12.8 Å². The van der Waals surface area contributed by atoms with Crippen LogP contribution in [0.2, 0.25) is 5.02 Å². The van der Waals surface area contributed by atoms with E-state index in [-0.39, 0.29) is 34.5 Å². The number of esters is 1. The molecule has 0 spiro atoms.